The number of carbonyl (C=O) groups is 1. The highest BCUT2D eigenvalue weighted by atomic mass is 16.5. The van der Waals surface area contributed by atoms with Crippen LogP contribution < -0.4 is 10.1 Å². The zero-order valence-corrected chi connectivity index (χ0v) is 12.0. The van der Waals surface area contributed by atoms with Gasteiger partial charge in [0.05, 0.1) is 6.07 Å². The van der Waals surface area contributed by atoms with Crippen LogP contribution in [0.5, 0.6) is 11.5 Å². The molecule has 0 aliphatic carbocycles. The number of hydrogen-bond acceptors (Lipinski definition) is 3. The minimum Gasteiger partial charge on any atom is -0.457 e. The summed E-state index contributed by atoms with van der Waals surface area (Å²) in [6, 6.07) is 18.4. The summed E-state index contributed by atoms with van der Waals surface area (Å²) in [6.07, 6.45) is 0. The summed E-state index contributed by atoms with van der Waals surface area (Å²) in [7, 11) is 0. The molecule has 106 valence electrons. The molecule has 0 spiro atoms. The minimum atomic E-state index is -1.07. The number of carbonyl (C=O) groups excluding carboxylic acids is 1. The molecule has 0 aliphatic heterocycles. The Morgan fingerprint density at radius 1 is 1.10 bits per heavy atom. The van der Waals surface area contributed by atoms with Crippen molar-refractivity contribution >= 4 is 11.6 Å². The highest BCUT2D eigenvalue weighted by Gasteiger charge is 2.27. The van der Waals surface area contributed by atoms with E-state index in [0.29, 0.717) is 11.4 Å². The average Bonchev–Trinajstić information content (AvgIpc) is 2.48. The monoisotopic (exact) mass is 280 g/mol. The Kier molecular flexibility index (Phi) is 4.24. The van der Waals surface area contributed by atoms with Crippen LogP contribution in [-0.4, -0.2) is 5.91 Å². The maximum Gasteiger partial charge on any atom is 0.244 e. The van der Waals surface area contributed by atoms with Crippen molar-refractivity contribution in [3.05, 3.63) is 54.6 Å². The largest absolute Gasteiger partial charge is 0.457 e. The number of rotatable bonds is 4. The Morgan fingerprint density at radius 2 is 1.76 bits per heavy atom. The van der Waals surface area contributed by atoms with Gasteiger partial charge in [-0.05, 0) is 38.1 Å². The Hall–Kier alpha value is -2.80. The van der Waals surface area contributed by atoms with E-state index in [1.54, 1.807) is 38.1 Å². The molecular weight excluding hydrogens is 264 g/mol. The van der Waals surface area contributed by atoms with Gasteiger partial charge in [-0.3, -0.25) is 4.79 Å². The van der Waals surface area contributed by atoms with E-state index in [1.807, 2.05) is 36.4 Å². The number of amides is 1. The summed E-state index contributed by atoms with van der Waals surface area (Å²) in [5.41, 5.74) is -0.479. The maximum absolute atomic E-state index is 12.0. The molecule has 2 aromatic rings. The number of nitrogens with zero attached hydrogens (tertiary/aromatic N) is 1. The van der Waals surface area contributed by atoms with E-state index in [1.165, 1.54) is 0 Å². The van der Waals surface area contributed by atoms with Gasteiger partial charge < -0.3 is 10.1 Å². The topological polar surface area (TPSA) is 62.1 Å². The van der Waals surface area contributed by atoms with E-state index in [-0.39, 0.29) is 5.91 Å². The number of nitrogens with one attached hydrogen (secondary N) is 1. The summed E-state index contributed by atoms with van der Waals surface area (Å²) < 4.78 is 5.70. The van der Waals surface area contributed by atoms with Crippen molar-refractivity contribution in [2.45, 2.75) is 13.8 Å². The quantitative estimate of drug-likeness (QED) is 0.921. The van der Waals surface area contributed by atoms with E-state index in [0.717, 1.165) is 5.75 Å². The molecule has 2 rings (SSSR count). The van der Waals surface area contributed by atoms with E-state index >= 15 is 0 Å². The summed E-state index contributed by atoms with van der Waals surface area (Å²) in [5.74, 6) is 0.994. The average molecular weight is 280 g/mol. The van der Waals surface area contributed by atoms with Crippen LogP contribution in [0.4, 0.5) is 5.69 Å². The van der Waals surface area contributed by atoms with Crippen LogP contribution >= 0.6 is 0 Å². The number of benzene rings is 2. The molecule has 4 nitrogen and oxygen atoms in total. The smallest absolute Gasteiger partial charge is 0.244 e. The van der Waals surface area contributed by atoms with Crippen LogP contribution in [0, 0.1) is 16.7 Å². The highest BCUT2D eigenvalue weighted by Crippen LogP contribution is 2.25. The Bertz CT molecular complexity index is 673. The van der Waals surface area contributed by atoms with Crippen molar-refractivity contribution in [3.8, 4) is 17.6 Å². The molecule has 0 radical (unpaired) electrons. The van der Waals surface area contributed by atoms with Crippen LogP contribution in [-0.2, 0) is 4.79 Å². The summed E-state index contributed by atoms with van der Waals surface area (Å²) in [6.45, 7) is 3.15. The fraction of sp³-hybridized carbons (Fsp3) is 0.176. The number of ether oxygens (including phenoxy) is 1. The Balaban J connectivity index is 2.12. The van der Waals surface area contributed by atoms with Gasteiger partial charge in [0.15, 0.2) is 0 Å². The van der Waals surface area contributed by atoms with Gasteiger partial charge in [-0.1, -0.05) is 24.3 Å². The molecule has 0 atom stereocenters. The lowest BCUT2D eigenvalue weighted by molar-refractivity contribution is -0.121. The molecular formula is C17H16N2O2. The fourth-order valence-electron chi connectivity index (χ4n) is 1.60. The first-order valence-electron chi connectivity index (χ1n) is 6.57. The number of para-hydroxylation sites is 1. The van der Waals surface area contributed by atoms with Crippen molar-refractivity contribution in [2.75, 3.05) is 5.32 Å². The van der Waals surface area contributed by atoms with Crippen LogP contribution in [0.3, 0.4) is 0 Å². The molecule has 0 heterocycles. The predicted octanol–water partition coefficient (Wildman–Crippen LogP) is 3.97. The molecule has 0 bridgehead atoms. The number of hydrogen-bond donors (Lipinski definition) is 1. The summed E-state index contributed by atoms with van der Waals surface area (Å²) >= 11 is 0. The van der Waals surface area contributed by atoms with Gasteiger partial charge in [-0.25, -0.2) is 0 Å². The zero-order chi connectivity index (χ0) is 15.3. The van der Waals surface area contributed by atoms with Gasteiger partial charge >= 0.3 is 0 Å². The maximum atomic E-state index is 12.0. The fourth-order valence-corrected chi connectivity index (χ4v) is 1.60. The van der Waals surface area contributed by atoms with Crippen LogP contribution in [0.25, 0.3) is 0 Å². The van der Waals surface area contributed by atoms with Crippen LogP contribution in [0.1, 0.15) is 13.8 Å². The lowest BCUT2D eigenvalue weighted by Crippen LogP contribution is -2.29. The van der Waals surface area contributed by atoms with Gasteiger partial charge in [0.2, 0.25) is 5.91 Å². The molecule has 1 N–H and O–H groups in total. The molecule has 4 heteroatoms. The van der Waals surface area contributed by atoms with Crippen molar-refractivity contribution in [1.82, 2.24) is 0 Å². The molecule has 0 fully saturated rings. The van der Waals surface area contributed by atoms with Crippen molar-refractivity contribution in [2.24, 2.45) is 5.41 Å². The van der Waals surface area contributed by atoms with Crippen molar-refractivity contribution in [1.29, 1.82) is 5.26 Å². The van der Waals surface area contributed by atoms with Crippen molar-refractivity contribution in [3.63, 3.8) is 0 Å². The standard InChI is InChI=1S/C17H16N2O2/c1-17(2,12-18)16(20)19-13-7-6-10-15(11-13)21-14-8-4-3-5-9-14/h3-11H,1-2H3,(H,19,20). The summed E-state index contributed by atoms with van der Waals surface area (Å²) in [4.78, 5) is 12.0. The third-order valence-corrected chi connectivity index (χ3v) is 2.92. The van der Waals surface area contributed by atoms with Gasteiger partial charge in [-0.15, -0.1) is 0 Å². The third-order valence-electron chi connectivity index (χ3n) is 2.92. The first-order chi connectivity index (χ1) is 10.0. The molecule has 0 aromatic heterocycles. The molecule has 1 amide bonds. The molecule has 0 unspecified atom stereocenters. The first-order valence-corrected chi connectivity index (χ1v) is 6.57. The van der Waals surface area contributed by atoms with Gasteiger partial charge in [0.25, 0.3) is 0 Å². The molecule has 0 aliphatic rings. The lowest BCUT2D eigenvalue weighted by Gasteiger charge is -2.15. The molecule has 0 saturated carbocycles. The second-order valence-corrected chi connectivity index (χ2v) is 5.13. The second-order valence-electron chi connectivity index (χ2n) is 5.13. The normalized spacial score (nSPS) is 10.5. The zero-order valence-electron chi connectivity index (χ0n) is 12.0. The predicted molar refractivity (Wildman–Crippen MR) is 81.0 cm³/mol. The Morgan fingerprint density at radius 3 is 2.43 bits per heavy atom. The van der Waals surface area contributed by atoms with Gasteiger partial charge in [0.1, 0.15) is 16.9 Å². The second kappa shape index (κ2) is 6.10. The third kappa shape index (κ3) is 3.83. The molecule has 0 saturated heterocycles. The molecule has 21 heavy (non-hydrogen) atoms. The van der Waals surface area contributed by atoms with Gasteiger partial charge in [0, 0.05) is 11.8 Å². The summed E-state index contributed by atoms with van der Waals surface area (Å²) in [5, 5.41) is 11.7. The van der Waals surface area contributed by atoms with Gasteiger partial charge in [-0.2, -0.15) is 5.26 Å². The van der Waals surface area contributed by atoms with Crippen molar-refractivity contribution < 1.29 is 9.53 Å². The first kappa shape index (κ1) is 14.6. The van der Waals surface area contributed by atoms with E-state index in [4.69, 9.17) is 10.00 Å². The van der Waals surface area contributed by atoms with E-state index < -0.39 is 5.41 Å². The van der Waals surface area contributed by atoms with E-state index in [9.17, 15) is 4.79 Å². The highest BCUT2D eigenvalue weighted by molar-refractivity contribution is 5.96. The minimum absolute atomic E-state index is 0.345. The van der Waals surface area contributed by atoms with Crippen LogP contribution in [0.2, 0.25) is 0 Å². The molecule has 2 aromatic carbocycles. The van der Waals surface area contributed by atoms with E-state index in [2.05, 4.69) is 5.32 Å². The van der Waals surface area contributed by atoms with Crippen LogP contribution in [0.15, 0.2) is 54.6 Å². The number of nitriles is 1. The lowest BCUT2D eigenvalue weighted by atomic mass is 9.94. The SMILES string of the molecule is CC(C)(C#N)C(=O)Nc1cccc(Oc2ccccc2)c1. The Labute approximate surface area is 124 Å². The number of anilines is 1.